The largest absolute Gasteiger partial charge is 0.371 e. The fraction of sp³-hybridized carbons (Fsp3) is 0.625. The summed E-state index contributed by atoms with van der Waals surface area (Å²) in [7, 11) is 2.21. The number of likely N-dealkylation sites (N-methyl/N-ethyl adjacent to an activating group) is 1. The number of likely N-dealkylation sites (tertiary alicyclic amines) is 1. The van der Waals surface area contributed by atoms with Crippen molar-refractivity contribution < 1.29 is 4.74 Å². The highest BCUT2D eigenvalue weighted by Gasteiger charge is 2.39. The summed E-state index contributed by atoms with van der Waals surface area (Å²) in [5.74, 6) is 0. The van der Waals surface area contributed by atoms with Gasteiger partial charge >= 0.3 is 0 Å². The Hall–Kier alpha value is -0.900. The highest BCUT2D eigenvalue weighted by Crippen LogP contribution is 2.29. The van der Waals surface area contributed by atoms with Gasteiger partial charge in [0.15, 0.2) is 0 Å². The Labute approximate surface area is 116 Å². The van der Waals surface area contributed by atoms with Gasteiger partial charge in [-0.1, -0.05) is 30.3 Å². The summed E-state index contributed by atoms with van der Waals surface area (Å²) in [4.78, 5) is 4.97. The van der Waals surface area contributed by atoms with Crippen LogP contribution < -0.4 is 0 Å². The van der Waals surface area contributed by atoms with Crippen LogP contribution in [0.3, 0.4) is 0 Å². The van der Waals surface area contributed by atoms with Crippen LogP contribution in [0.25, 0.3) is 0 Å². The molecule has 2 fully saturated rings. The second kappa shape index (κ2) is 5.61. The van der Waals surface area contributed by atoms with Crippen molar-refractivity contribution in [2.24, 2.45) is 0 Å². The van der Waals surface area contributed by atoms with Gasteiger partial charge in [0.2, 0.25) is 0 Å². The molecule has 0 radical (unpaired) electrons. The lowest BCUT2D eigenvalue weighted by molar-refractivity contribution is -0.136. The van der Waals surface area contributed by atoms with Crippen LogP contribution in [0.5, 0.6) is 0 Å². The van der Waals surface area contributed by atoms with E-state index in [1.807, 2.05) is 0 Å². The first-order chi connectivity index (χ1) is 9.26. The Morgan fingerprint density at radius 3 is 2.79 bits per heavy atom. The number of hydrogen-bond acceptors (Lipinski definition) is 3. The molecule has 3 heteroatoms. The molecule has 0 amide bonds. The summed E-state index contributed by atoms with van der Waals surface area (Å²) in [6.07, 6.45) is 2.46. The van der Waals surface area contributed by atoms with Crippen LogP contribution in [0.4, 0.5) is 0 Å². The maximum Gasteiger partial charge on any atom is 0.0935 e. The molecule has 0 aliphatic carbocycles. The summed E-state index contributed by atoms with van der Waals surface area (Å²) >= 11 is 0. The molecule has 104 valence electrons. The molecule has 1 aromatic carbocycles. The molecule has 2 saturated heterocycles. The molecule has 2 heterocycles. The first kappa shape index (κ1) is 13.1. The number of hydrogen-bond donors (Lipinski definition) is 0. The number of benzene rings is 1. The molecule has 1 spiro atoms. The Kier molecular flexibility index (Phi) is 3.87. The van der Waals surface area contributed by atoms with Gasteiger partial charge in [0.1, 0.15) is 0 Å². The van der Waals surface area contributed by atoms with E-state index < -0.39 is 0 Å². The predicted octanol–water partition coefficient (Wildman–Crippen LogP) is 1.98. The lowest BCUT2D eigenvalue weighted by atomic mass is 9.90. The van der Waals surface area contributed by atoms with E-state index in [0.29, 0.717) is 0 Å². The molecule has 0 aromatic heterocycles. The number of ether oxygens (including phenoxy) is 1. The highest BCUT2D eigenvalue weighted by atomic mass is 16.5. The van der Waals surface area contributed by atoms with E-state index >= 15 is 0 Å². The highest BCUT2D eigenvalue weighted by molar-refractivity contribution is 5.14. The normalized spacial score (nSPS) is 29.7. The lowest BCUT2D eigenvalue weighted by Gasteiger charge is -2.47. The SMILES string of the molecule is CN1CCO[C@@]2(CCCN(Cc3ccccc3)C2)C1. The van der Waals surface area contributed by atoms with Gasteiger partial charge in [0, 0.05) is 26.2 Å². The molecular weight excluding hydrogens is 236 g/mol. The molecule has 0 unspecified atom stereocenters. The number of piperidine rings is 1. The molecule has 3 nitrogen and oxygen atoms in total. The fourth-order valence-electron chi connectivity index (χ4n) is 3.45. The smallest absolute Gasteiger partial charge is 0.0935 e. The maximum atomic E-state index is 6.16. The van der Waals surface area contributed by atoms with E-state index in [1.54, 1.807) is 0 Å². The zero-order valence-corrected chi connectivity index (χ0v) is 11.8. The predicted molar refractivity (Wildman–Crippen MR) is 77.1 cm³/mol. The van der Waals surface area contributed by atoms with Gasteiger partial charge in [-0.15, -0.1) is 0 Å². The minimum atomic E-state index is 0.0834. The van der Waals surface area contributed by atoms with Crippen molar-refractivity contribution in [3.8, 4) is 0 Å². The van der Waals surface area contributed by atoms with Gasteiger partial charge in [-0.05, 0) is 32.0 Å². The van der Waals surface area contributed by atoms with Crippen molar-refractivity contribution in [1.82, 2.24) is 9.80 Å². The van der Waals surface area contributed by atoms with Crippen molar-refractivity contribution in [1.29, 1.82) is 0 Å². The van der Waals surface area contributed by atoms with E-state index in [4.69, 9.17) is 4.74 Å². The zero-order valence-electron chi connectivity index (χ0n) is 11.8. The summed E-state index contributed by atoms with van der Waals surface area (Å²) in [5.41, 5.74) is 1.49. The van der Waals surface area contributed by atoms with Crippen LogP contribution >= 0.6 is 0 Å². The molecule has 3 rings (SSSR count). The van der Waals surface area contributed by atoms with Crippen LogP contribution in [-0.4, -0.2) is 55.2 Å². The second-order valence-corrected chi connectivity index (χ2v) is 6.07. The molecule has 0 saturated carbocycles. The van der Waals surface area contributed by atoms with Crippen LogP contribution in [0.2, 0.25) is 0 Å². The lowest BCUT2D eigenvalue weighted by Crippen LogP contribution is -2.58. The minimum absolute atomic E-state index is 0.0834. The Morgan fingerprint density at radius 2 is 2.00 bits per heavy atom. The van der Waals surface area contributed by atoms with Crippen molar-refractivity contribution in [2.45, 2.75) is 25.0 Å². The zero-order chi connectivity index (χ0) is 13.1. The Bertz CT molecular complexity index is 404. The molecule has 0 bridgehead atoms. The molecule has 1 aromatic rings. The number of rotatable bonds is 2. The van der Waals surface area contributed by atoms with Crippen molar-refractivity contribution >= 4 is 0 Å². The van der Waals surface area contributed by atoms with E-state index in [9.17, 15) is 0 Å². The van der Waals surface area contributed by atoms with Gasteiger partial charge in [0.05, 0.1) is 12.2 Å². The van der Waals surface area contributed by atoms with Gasteiger partial charge < -0.3 is 9.64 Å². The molecule has 2 aliphatic rings. The molecule has 2 aliphatic heterocycles. The molecule has 0 N–H and O–H groups in total. The minimum Gasteiger partial charge on any atom is -0.371 e. The van der Waals surface area contributed by atoms with Crippen molar-refractivity contribution in [2.75, 3.05) is 39.8 Å². The Balaban J connectivity index is 1.64. The number of nitrogens with zero attached hydrogens (tertiary/aromatic N) is 2. The topological polar surface area (TPSA) is 15.7 Å². The summed E-state index contributed by atoms with van der Waals surface area (Å²) < 4.78 is 6.16. The molecule has 19 heavy (non-hydrogen) atoms. The third kappa shape index (κ3) is 3.16. The summed E-state index contributed by atoms with van der Waals surface area (Å²) in [5, 5.41) is 0. The van der Waals surface area contributed by atoms with E-state index in [2.05, 4.69) is 47.2 Å². The average molecular weight is 260 g/mol. The maximum absolute atomic E-state index is 6.16. The van der Waals surface area contributed by atoms with E-state index in [-0.39, 0.29) is 5.60 Å². The van der Waals surface area contributed by atoms with Crippen LogP contribution in [0, 0.1) is 0 Å². The fourth-order valence-corrected chi connectivity index (χ4v) is 3.45. The van der Waals surface area contributed by atoms with Crippen LogP contribution in [-0.2, 0) is 11.3 Å². The molecule has 1 atom stereocenters. The van der Waals surface area contributed by atoms with Crippen LogP contribution in [0.1, 0.15) is 18.4 Å². The Morgan fingerprint density at radius 1 is 1.16 bits per heavy atom. The quantitative estimate of drug-likeness (QED) is 0.809. The van der Waals surface area contributed by atoms with Crippen molar-refractivity contribution in [3.05, 3.63) is 35.9 Å². The summed E-state index contributed by atoms with van der Waals surface area (Å²) in [6.45, 7) is 6.36. The second-order valence-electron chi connectivity index (χ2n) is 6.07. The van der Waals surface area contributed by atoms with Gasteiger partial charge in [-0.3, -0.25) is 4.90 Å². The third-order valence-electron chi connectivity index (χ3n) is 4.31. The monoisotopic (exact) mass is 260 g/mol. The summed E-state index contributed by atoms with van der Waals surface area (Å²) in [6, 6.07) is 10.8. The van der Waals surface area contributed by atoms with Gasteiger partial charge in [-0.2, -0.15) is 0 Å². The van der Waals surface area contributed by atoms with Crippen molar-refractivity contribution in [3.63, 3.8) is 0 Å². The first-order valence-corrected chi connectivity index (χ1v) is 7.35. The average Bonchev–Trinajstić information content (AvgIpc) is 2.39. The third-order valence-corrected chi connectivity index (χ3v) is 4.31. The number of morpholine rings is 1. The van der Waals surface area contributed by atoms with E-state index in [1.165, 1.54) is 24.9 Å². The first-order valence-electron chi connectivity index (χ1n) is 7.35. The van der Waals surface area contributed by atoms with Gasteiger partial charge in [-0.25, -0.2) is 0 Å². The van der Waals surface area contributed by atoms with Crippen LogP contribution in [0.15, 0.2) is 30.3 Å². The standard InChI is InChI=1S/C16H24N2O/c1-17-10-11-19-16(13-17)8-5-9-18(14-16)12-15-6-3-2-4-7-15/h2-4,6-7H,5,8-14H2,1H3/t16-/m0/s1. The van der Waals surface area contributed by atoms with Gasteiger partial charge in [0.25, 0.3) is 0 Å². The van der Waals surface area contributed by atoms with E-state index in [0.717, 1.165) is 32.8 Å². The molecular formula is C16H24N2O.